The molecule has 1 N–H and O–H groups in total. The van der Waals surface area contributed by atoms with Crippen molar-refractivity contribution in [3.05, 3.63) is 169 Å². The van der Waals surface area contributed by atoms with E-state index in [0.717, 1.165) is 50.2 Å². The molecule has 0 radical (unpaired) electrons. The van der Waals surface area contributed by atoms with Gasteiger partial charge in [-0.1, -0.05) is 118 Å². The number of hydrogen-bond donors (Lipinski definition) is 1. The molecule has 0 bridgehead atoms. The summed E-state index contributed by atoms with van der Waals surface area (Å²) in [5.74, 6) is 0.102. The van der Waals surface area contributed by atoms with Crippen molar-refractivity contribution in [1.29, 1.82) is 0 Å². The van der Waals surface area contributed by atoms with Gasteiger partial charge in [-0.3, -0.25) is 9.55 Å². The first-order chi connectivity index (χ1) is 24.8. The molecule has 5 heteroatoms. The third-order valence-corrected chi connectivity index (χ3v) is 9.38. The number of nitrogens with zero attached hydrogens (tertiary/aromatic N) is 3. The Bertz CT molecular complexity index is 2520. The number of aromatic hydroxyl groups is 1. The number of pyridine rings is 1. The van der Waals surface area contributed by atoms with Crippen LogP contribution in [0, 0.1) is 5.82 Å². The zero-order chi connectivity index (χ0) is 35.1. The molecule has 0 fully saturated rings. The molecule has 0 aliphatic heterocycles. The lowest BCUT2D eigenvalue weighted by Gasteiger charge is -2.21. The fraction of sp³-hybridized carbons (Fsp3) is 0.0870. The Balaban J connectivity index is 1.45. The number of imidazole rings is 1. The number of para-hydroxylation sites is 2. The van der Waals surface area contributed by atoms with Crippen molar-refractivity contribution in [2.24, 2.45) is 0 Å². The van der Waals surface area contributed by atoms with E-state index < -0.39 is 5.82 Å². The van der Waals surface area contributed by atoms with E-state index in [4.69, 9.17) is 4.98 Å². The van der Waals surface area contributed by atoms with Crippen LogP contribution >= 0.6 is 0 Å². The Morgan fingerprint density at radius 3 is 1.94 bits per heavy atom. The third-order valence-electron chi connectivity index (χ3n) is 9.38. The highest BCUT2D eigenvalue weighted by molar-refractivity contribution is 5.98. The first kappa shape index (κ1) is 31.9. The quantitative estimate of drug-likeness (QED) is 0.192. The number of halogens is 1. The summed E-state index contributed by atoms with van der Waals surface area (Å²) in [7, 11) is 0. The maximum atomic E-state index is 17.1. The zero-order valence-electron chi connectivity index (χ0n) is 28.7. The van der Waals surface area contributed by atoms with E-state index in [-0.39, 0.29) is 11.2 Å². The number of aromatic nitrogens is 3. The molecule has 0 saturated carbocycles. The average Bonchev–Trinajstić information content (AvgIpc) is 3.54. The highest BCUT2D eigenvalue weighted by Gasteiger charge is 2.25. The molecule has 8 aromatic rings. The third kappa shape index (κ3) is 5.97. The first-order valence-corrected chi connectivity index (χ1v) is 17.1. The van der Waals surface area contributed by atoms with Gasteiger partial charge in [0.25, 0.3) is 0 Å². The lowest BCUT2D eigenvalue weighted by atomic mass is 9.83. The van der Waals surface area contributed by atoms with E-state index in [1.807, 2.05) is 120 Å². The van der Waals surface area contributed by atoms with Crippen LogP contribution in [0.15, 0.2) is 158 Å². The molecular formula is C46H36FN3O. The fourth-order valence-electron chi connectivity index (χ4n) is 6.76. The molecular weight excluding hydrogens is 630 g/mol. The number of benzene rings is 6. The maximum absolute atomic E-state index is 17.1. The molecule has 0 aliphatic rings. The van der Waals surface area contributed by atoms with Gasteiger partial charge in [0.1, 0.15) is 17.4 Å². The Morgan fingerprint density at radius 2 is 1.24 bits per heavy atom. The van der Waals surface area contributed by atoms with E-state index >= 15 is 4.39 Å². The van der Waals surface area contributed by atoms with Crippen molar-refractivity contribution in [2.45, 2.75) is 26.2 Å². The van der Waals surface area contributed by atoms with Gasteiger partial charge < -0.3 is 5.11 Å². The summed E-state index contributed by atoms with van der Waals surface area (Å²) in [6.07, 6.45) is 1.81. The Labute approximate surface area is 297 Å². The minimum Gasteiger partial charge on any atom is -0.507 e. The molecule has 2 aromatic heterocycles. The second kappa shape index (κ2) is 12.8. The SMILES string of the molecule is CC(C)(C)c1cc(-c2ccccn2)cc(-c2cccc3c2nc(-c2ccccc2O)n3-c2c(F)cc(-c3ccccc3)cc2-c2ccccc2)c1. The summed E-state index contributed by atoms with van der Waals surface area (Å²) in [4.78, 5) is 9.93. The van der Waals surface area contributed by atoms with E-state index in [9.17, 15) is 5.11 Å². The summed E-state index contributed by atoms with van der Waals surface area (Å²) in [6.45, 7) is 6.60. The van der Waals surface area contributed by atoms with Crippen LogP contribution in [0.1, 0.15) is 26.3 Å². The molecule has 0 spiro atoms. The lowest BCUT2D eigenvalue weighted by Crippen LogP contribution is -2.11. The van der Waals surface area contributed by atoms with E-state index in [2.05, 4.69) is 50.0 Å². The molecule has 0 amide bonds. The molecule has 6 aromatic carbocycles. The number of fused-ring (bicyclic) bond motifs is 1. The van der Waals surface area contributed by atoms with Crippen molar-refractivity contribution >= 4 is 11.0 Å². The first-order valence-electron chi connectivity index (χ1n) is 17.1. The standard InChI is InChI=1S/C46H36FN3O/c1-46(2,3)35-26-33(25-34(27-35)40-21-12-13-24-48-40)36-20-14-22-41-43(36)49-45(37-19-10-11-23-42(37)51)50(41)44-38(31-17-8-5-9-18-31)28-32(29-39(44)47)30-15-6-4-7-16-30/h4-29,51H,1-3H3. The van der Waals surface area contributed by atoms with Crippen LogP contribution in [0.2, 0.25) is 0 Å². The minimum absolute atomic E-state index is 0.0605. The summed E-state index contributed by atoms with van der Waals surface area (Å²) >= 11 is 0. The number of rotatable bonds is 6. The van der Waals surface area contributed by atoms with Crippen LogP contribution in [0.5, 0.6) is 5.75 Å². The molecule has 4 nitrogen and oxygen atoms in total. The normalized spacial score (nSPS) is 11.6. The predicted octanol–water partition coefficient (Wildman–Crippen LogP) is 11.9. The molecule has 2 heterocycles. The molecule has 8 rings (SSSR count). The largest absolute Gasteiger partial charge is 0.507 e. The van der Waals surface area contributed by atoms with Crippen LogP contribution in [0.4, 0.5) is 4.39 Å². The molecule has 51 heavy (non-hydrogen) atoms. The number of phenols is 1. The molecule has 0 atom stereocenters. The zero-order valence-corrected chi connectivity index (χ0v) is 28.7. The Kier molecular flexibility index (Phi) is 8.04. The van der Waals surface area contributed by atoms with E-state index in [0.29, 0.717) is 28.2 Å². The monoisotopic (exact) mass is 665 g/mol. The van der Waals surface area contributed by atoms with E-state index in [1.165, 1.54) is 0 Å². The van der Waals surface area contributed by atoms with Gasteiger partial charge in [0, 0.05) is 22.9 Å². The smallest absolute Gasteiger partial charge is 0.149 e. The van der Waals surface area contributed by atoms with E-state index in [1.54, 1.807) is 18.2 Å². The fourth-order valence-corrected chi connectivity index (χ4v) is 6.76. The summed E-state index contributed by atoms with van der Waals surface area (Å²) < 4.78 is 19.0. The van der Waals surface area contributed by atoms with Gasteiger partial charge in [-0.05, 0) is 87.8 Å². The lowest BCUT2D eigenvalue weighted by molar-refractivity contribution is 0.477. The topological polar surface area (TPSA) is 50.9 Å². The number of phenolic OH excluding ortho intramolecular Hbond substituents is 1. The molecule has 0 aliphatic carbocycles. The minimum atomic E-state index is -0.399. The van der Waals surface area contributed by atoms with Gasteiger partial charge in [-0.25, -0.2) is 9.37 Å². The van der Waals surface area contributed by atoms with Crippen LogP contribution in [-0.4, -0.2) is 19.6 Å². The van der Waals surface area contributed by atoms with Gasteiger partial charge in [0.2, 0.25) is 0 Å². The highest BCUT2D eigenvalue weighted by Crippen LogP contribution is 2.43. The van der Waals surface area contributed by atoms with Gasteiger partial charge in [0.05, 0.1) is 28.0 Å². The van der Waals surface area contributed by atoms with Crippen LogP contribution in [0.3, 0.4) is 0 Å². The Morgan fingerprint density at radius 1 is 0.569 bits per heavy atom. The molecule has 248 valence electrons. The highest BCUT2D eigenvalue weighted by atomic mass is 19.1. The van der Waals surface area contributed by atoms with Crippen molar-refractivity contribution in [2.75, 3.05) is 0 Å². The van der Waals surface area contributed by atoms with Crippen molar-refractivity contribution < 1.29 is 9.50 Å². The second-order valence-electron chi connectivity index (χ2n) is 13.8. The second-order valence-corrected chi connectivity index (χ2v) is 13.8. The van der Waals surface area contributed by atoms with Crippen molar-refractivity contribution in [3.63, 3.8) is 0 Å². The number of hydrogen-bond acceptors (Lipinski definition) is 3. The van der Waals surface area contributed by atoms with Gasteiger partial charge >= 0.3 is 0 Å². The summed E-state index contributed by atoms with van der Waals surface area (Å²) in [5, 5.41) is 11.2. The molecule has 0 unspecified atom stereocenters. The van der Waals surface area contributed by atoms with Crippen molar-refractivity contribution in [3.8, 4) is 67.5 Å². The Hall–Kier alpha value is -6.33. The van der Waals surface area contributed by atoms with Crippen molar-refractivity contribution in [1.82, 2.24) is 14.5 Å². The van der Waals surface area contributed by atoms with Gasteiger partial charge in [-0.2, -0.15) is 0 Å². The van der Waals surface area contributed by atoms with Gasteiger partial charge in [0.15, 0.2) is 0 Å². The average molecular weight is 666 g/mol. The summed E-state index contributed by atoms with van der Waals surface area (Å²) in [5.41, 5.74) is 10.3. The molecule has 0 saturated heterocycles. The van der Waals surface area contributed by atoms with Crippen LogP contribution < -0.4 is 0 Å². The summed E-state index contributed by atoms with van der Waals surface area (Å²) in [6, 6.07) is 49.0. The van der Waals surface area contributed by atoms with Crippen LogP contribution in [-0.2, 0) is 5.41 Å². The predicted molar refractivity (Wildman–Crippen MR) is 206 cm³/mol. The maximum Gasteiger partial charge on any atom is 0.149 e. The van der Waals surface area contributed by atoms with Crippen LogP contribution in [0.25, 0.3) is 72.7 Å². The van der Waals surface area contributed by atoms with Gasteiger partial charge in [-0.15, -0.1) is 0 Å².